The fraction of sp³-hybridized carbons (Fsp3) is 0.435. The minimum Gasteiger partial charge on any atom is -0.372 e. The van der Waals surface area contributed by atoms with E-state index in [1.54, 1.807) is 30.1 Å². The number of anilines is 1. The number of benzene rings is 2. The largest absolute Gasteiger partial charge is 0.372 e. The Hall–Kier alpha value is -2.40. The van der Waals surface area contributed by atoms with E-state index in [1.807, 2.05) is 11.9 Å². The monoisotopic (exact) mass is 383 g/mol. The number of piperidine rings is 1. The van der Waals surface area contributed by atoms with E-state index in [2.05, 4.69) is 29.2 Å². The highest BCUT2D eigenvalue weighted by molar-refractivity contribution is 5.78. The molecule has 2 aromatic carbocycles. The molecule has 150 valence electrons. The molecule has 5 heteroatoms. The van der Waals surface area contributed by atoms with Gasteiger partial charge in [-0.15, -0.1) is 0 Å². The molecule has 0 spiro atoms. The second kappa shape index (κ2) is 9.69. The van der Waals surface area contributed by atoms with Crippen molar-refractivity contribution in [3.05, 3.63) is 65.5 Å². The van der Waals surface area contributed by atoms with E-state index < -0.39 is 0 Å². The number of halogens is 1. The number of carbonyl (C=O) groups is 1. The molecule has 0 aromatic heterocycles. The molecule has 1 heterocycles. The second-order valence-electron chi connectivity index (χ2n) is 7.73. The number of carbonyl (C=O) groups excluding carboxylic acids is 1. The first-order valence-electron chi connectivity index (χ1n) is 10.0. The van der Waals surface area contributed by atoms with E-state index in [0.29, 0.717) is 18.7 Å². The molecule has 2 aromatic rings. The van der Waals surface area contributed by atoms with Crippen LogP contribution in [0.2, 0.25) is 0 Å². The summed E-state index contributed by atoms with van der Waals surface area (Å²) >= 11 is 0. The van der Waals surface area contributed by atoms with Crippen LogP contribution >= 0.6 is 0 Å². The number of amides is 1. The van der Waals surface area contributed by atoms with Crippen LogP contribution in [0.15, 0.2) is 48.5 Å². The van der Waals surface area contributed by atoms with Crippen molar-refractivity contribution >= 4 is 11.6 Å². The topological polar surface area (TPSA) is 26.8 Å². The van der Waals surface area contributed by atoms with Gasteiger partial charge < -0.3 is 9.80 Å². The number of rotatable bonds is 7. The van der Waals surface area contributed by atoms with Crippen molar-refractivity contribution in [3.8, 4) is 0 Å². The van der Waals surface area contributed by atoms with Crippen LogP contribution in [-0.2, 0) is 17.9 Å². The molecule has 1 aliphatic heterocycles. The van der Waals surface area contributed by atoms with Crippen molar-refractivity contribution in [2.24, 2.45) is 0 Å². The summed E-state index contributed by atoms with van der Waals surface area (Å²) in [5, 5.41) is 0. The highest BCUT2D eigenvalue weighted by atomic mass is 19.1. The molecule has 1 saturated heterocycles. The van der Waals surface area contributed by atoms with Crippen LogP contribution in [0.5, 0.6) is 0 Å². The van der Waals surface area contributed by atoms with Crippen molar-refractivity contribution in [3.63, 3.8) is 0 Å². The molecule has 4 nitrogen and oxygen atoms in total. The summed E-state index contributed by atoms with van der Waals surface area (Å²) in [6, 6.07) is 15.2. The van der Waals surface area contributed by atoms with Crippen LogP contribution in [0.25, 0.3) is 0 Å². The van der Waals surface area contributed by atoms with Crippen molar-refractivity contribution in [1.29, 1.82) is 0 Å². The standard InChI is InChI=1S/C23H30FN3O/c1-25(18-23(28)26(2)17-20-8-4-5-9-22(20)24)16-19-10-12-21(13-11-19)27-14-6-3-7-15-27/h4-5,8-13H,3,6-7,14-18H2,1-2H3. The van der Waals surface area contributed by atoms with Gasteiger partial charge in [-0.3, -0.25) is 9.69 Å². The van der Waals surface area contributed by atoms with Crippen LogP contribution < -0.4 is 4.90 Å². The molecule has 1 fully saturated rings. The molecule has 0 N–H and O–H groups in total. The van der Waals surface area contributed by atoms with Gasteiger partial charge in [0, 0.05) is 44.5 Å². The first kappa shape index (κ1) is 20.3. The van der Waals surface area contributed by atoms with Gasteiger partial charge in [-0.25, -0.2) is 4.39 Å². The molecule has 0 unspecified atom stereocenters. The summed E-state index contributed by atoms with van der Waals surface area (Å²) in [5.74, 6) is -0.292. The summed E-state index contributed by atoms with van der Waals surface area (Å²) in [7, 11) is 3.66. The van der Waals surface area contributed by atoms with E-state index in [1.165, 1.54) is 36.6 Å². The third kappa shape index (κ3) is 5.55. The van der Waals surface area contributed by atoms with Crippen LogP contribution in [0.3, 0.4) is 0 Å². The summed E-state index contributed by atoms with van der Waals surface area (Å²) in [5.41, 5.74) is 3.01. The second-order valence-corrected chi connectivity index (χ2v) is 7.73. The van der Waals surface area contributed by atoms with E-state index in [9.17, 15) is 9.18 Å². The number of nitrogens with zero attached hydrogens (tertiary/aromatic N) is 3. The van der Waals surface area contributed by atoms with E-state index in [4.69, 9.17) is 0 Å². The summed E-state index contributed by atoms with van der Waals surface area (Å²) in [6.45, 7) is 3.58. The zero-order valence-corrected chi connectivity index (χ0v) is 16.9. The van der Waals surface area contributed by atoms with Crippen molar-refractivity contribution in [2.45, 2.75) is 32.4 Å². The minimum atomic E-state index is -0.274. The fourth-order valence-corrected chi connectivity index (χ4v) is 3.65. The molecule has 1 amide bonds. The SMILES string of the molecule is CN(CC(=O)N(C)Cc1ccccc1F)Cc1ccc(N2CCCCC2)cc1. The van der Waals surface area contributed by atoms with Crippen molar-refractivity contribution in [1.82, 2.24) is 9.80 Å². The predicted molar refractivity (Wildman–Crippen MR) is 112 cm³/mol. The Kier molecular flexibility index (Phi) is 7.04. The Bertz CT molecular complexity index is 772. The third-order valence-electron chi connectivity index (χ3n) is 5.31. The van der Waals surface area contributed by atoms with Crippen LogP contribution in [0, 0.1) is 5.82 Å². The van der Waals surface area contributed by atoms with Crippen molar-refractivity contribution < 1.29 is 9.18 Å². The lowest BCUT2D eigenvalue weighted by atomic mass is 10.1. The van der Waals surface area contributed by atoms with Gasteiger partial charge in [0.25, 0.3) is 0 Å². The number of hydrogen-bond acceptors (Lipinski definition) is 3. The van der Waals surface area contributed by atoms with Gasteiger partial charge >= 0.3 is 0 Å². The zero-order chi connectivity index (χ0) is 19.9. The van der Waals surface area contributed by atoms with Gasteiger partial charge in [-0.1, -0.05) is 30.3 Å². The normalized spacial score (nSPS) is 14.4. The molecule has 3 rings (SSSR count). The van der Waals surface area contributed by atoms with Crippen LogP contribution in [0.1, 0.15) is 30.4 Å². The van der Waals surface area contributed by atoms with E-state index in [0.717, 1.165) is 13.1 Å². The summed E-state index contributed by atoms with van der Waals surface area (Å²) in [6.07, 6.45) is 3.87. The fourth-order valence-electron chi connectivity index (χ4n) is 3.65. The molecular weight excluding hydrogens is 353 g/mol. The Balaban J connectivity index is 1.49. The minimum absolute atomic E-state index is 0.0179. The quantitative estimate of drug-likeness (QED) is 0.725. The Morgan fingerprint density at radius 2 is 1.64 bits per heavy atom. The third-order valence-corrected chi connectivity index (χ3v) is 5.31. The van der Waals surface area contributed by atoms with Gasteiger partial charge in [0.15, 0.2) is 0 Å². The lowest BCUT2D eigenvalue weighted by Gasteiger charge is -2.29. The smallest absolute Gasteiger partial charge is 0.236 e. The maximum absolute atomic E-state index is 13.8. The van der Waals surface area contributed by atoms with Gasteiger partial charge in [-0.2, -0.15) is 0 Å². The van der Waals surface area contributed by atoms with Gasteiger partial charge in [0.1, 0.15) is 5.82 Å². The van der Waals surface area contributed by atoms with Gasteiger partial charge in [-0.05, 0) is 50.1 Å². The molecule has 28 heavy (non-hydrogen) atoms. The average molecular weight is 384 g/mol. The van der Waals surface area contributed by atoms with Gasteiger partial charge in [0.05, 0.1) is 6.54 Å². The molecule has 0 radical (unpaired) electrons. The van der Waals surface area contributed by atoms with Crippen LogP contribution in [0.4, 0.5) is 10.1 Å². The van der Waals surface area contributed by atoms with Crippen molar-refractivity contribution in [2.75, 3.05) is 38.6 Å². The number of likely N-dealkylation sites (N-methyl/N-ethyl adjacent to an activating group) is 2. The highest BCUT2D eigenvalue weighted by Crippen LogP contribution is 2.20. The van der Waals surface area contributed by atoms with Gasteiger partial charge in [0.2, 0.25) is 5.91 Å². The van der Waals surface area contributed by atoms with Crippen LogP contribution in [-0.4, -0.2) is 49.4 Å². The Labute approximate surface area is 167 Å². The molecule has 0 saturated carbocycles. The lowest BCUT2D eigenvalue weighted by Crippen LogP contribution is -2.36. The Morgan fingerprint density at radius 1 is 0.964 bits per heavy atom. The first-order chi connectivity index (χ1) is 13.5. The van der Waals surface area contributed by atoms with E-state index >= 15 is 0 Å². The summed E-state index contributed by atoms with van der Waals surface area (Å²) in [4.78, 5) is 18.5. The number of hydrogen-bond donors (Lipinski definition) is 0. The molecule has 0 aliphatic carbocycles. The molecule has 0 bridgehead atoms. The molecular formula is C23H30FN3O. The maximum atomic E-state index is 13.8. The highest BCUT2D eigenvalue weighted by Gasteiger charge is 2.15. The predicted octanol–water partition coefficient (Wildman–Crippen LogP) is 3.91. The maximum Gasteiger partial charge on any atom is 0.236 e. The summed E-state index contributed by atoms with van der Waals surface area (Å²) < 4.78 is 13.8. The molecule has 1 aliphatic rings. The first-order valence-corrected chi connectivity index (χ1v) is 10.0. The Morgan fingerprint density at radius 3 is 2.32 bits per heavy atom. The molecule has 0 atom stereocenters. The lowest BCUT2D eigenvalue weighted by molar-refractivity contribution is -0.131. The zero-order valence-electron chi connectivity index (χ0n) is 16.9. The average Bonchev–Trinajstić information content (AvgIpc) is 2.71. The van der Waals surface area contributed by atoms with E-state index in [-0.39, 0.29) is 18.3 Å².